The van der Waals surface area contributed by atoms with Crippen molar-refractivity contribution in [1.82, 2.24) is 20.1 Å². The van der Waals surface area contributed by atoms with Gasteiger partial charge in [-0.1, -0.05) is 18.2 Å². The Hall–Kier alpha value is -2.98. The molecule has 2 amide bonds. The number of nitrogens with zero attached hydrogens (tertiary/aromatic N) is 3. The molecule has 40 heavy (non-hydrogen) atoms. The molecule has 8 heteroatoms. The largest absolute Gasteiger partial charge is 0.496 e. The maximum absolute atomic E-state index is 13.6. The summed E-state index contributed by atoms with van der Waals surface area (Å²) < 4.78 is 6.51. The highest BCUT2D eigenvalue weighted by atomic mass is 127. The van der Waals surface area contributed by atoms with Crippen LogP contribution in [-0.4, -0.2) is 59.9 Å². The van der Waals surface area contributed by atoms with Gasteiger partial charge in [0, 0.05) is 59.2 Å². The maximum atomic E-state index is 13.6. The predicted octanol–water partition coefficient (Wildman–Crippen LogP) is 5.47. The molecule has 0 spiro atoms. The summed E-state index contributed by atoms with van der Waals surface area (Å²) in [6.07, 6.45) is 5.47. The van der Waals surface area contributed by atoms with Gasteiger partial charge in [0.2, 0.25) is 0 Å². The summed E-state index contributed by atoms with van der Waals surface area (Å²) in [5, 5.41) is 3.20. The van der Waals surface area contributed by atoms with Crippen molar-refractivity contribution in [3.63, 3.8) is 0 Å². The van der Waals surface area contributed by atoms with Gasteiger partial charge in [-0.05, 0) is 97.5 Å². The van der Waals surface area contributed by atoms with Gasteiger partial charge >= 0.3 is 0 Å². The van der Waals surface area contributed by atoms with E-state index >= 15 is 0 Å². The average molecular weight is 653 g/mol. The predicted molar refractivity (Wildman–Crippen MR) is 165 cm³/mol. The zero-order chi connectivity index (χ0) is 28.4. The summed E-state index contributed by atoms with van der Waals surface area (Å²) in [6, 6.07) is 13.7. The van der Waals surface area contributed by atoms with Crippen LogP contribution in [0.15, 0.2) is 48.7 Å². The number of fused-ring (bicyclic) bond motifs is 1. The molecule has 1 N–H and O–H groups in total. The van der Waals surface area contributed by atoms with Crippen LogP contribution in [0.1, 0.15) is 74.0 Å². The lowest BCUT2D eigenvalue weighted by Gasteiger charge is -2.37. The van der Waals surface area contributed by atoms with Gasteiger partial charge in [-0.25, -0.2) is 0 Å². The lowest BCUT2D eigenvalue weighted by molar-refractivity contribution is 0.0635. The van der Waals surface area contributed by atoms with Gasteiger partial charge in [0.25, 0.3) is 11.8 Å². The van der Waals surface area contributed by atoms with Crippen molar-refractivity contribution >= 4 is 34.4 Å². The van der Waals surface area contributed by atoms with E-state index in [-0.39, 0.29) is 23.9 Å². The molecular formula is C32H37IN4O3. The van der Waals surface area contributed by atoms with Gasteiger partial charge in [0.15, 0.2) is 0 Å². The minimum atomic E-state index is -0.0859. The van der Waals surface area contributed by atoms with Crippen LogP contribution >= 0.6 is 22.6 Å². The van der Waals surface area contributed by atoms with Crippen molar-refractivity contribution in [3.05, 3.63) is 91.3 Å². The fourth-order valence-corrected chi connectivity index (χ4v) is 6.68. The van der Waals surface area contributed by atoms with E-state index in [1.807, 2.05) is 61.5 Å². The van der Waals surface area contributed by atoms with Gasteiger partial charge in [-0.2, -0.15) is 0 Å². The summed E-state index contributed by atoms with van der Waals surface area (Å²) in [6.45, 7) is 6.70. The number of hydrogen-bond donors (Lipinski definition) is 1. The van der Waals surface area contributed by atoms with Gasteiger partial charge in [-0.3, -0.25) is 19.5 Å². The second-order valence-electron chi connectivity index (χ2n) is 10.9. The van der Waals surface area contributed by atoms with Gasteiger partial charge in [0.1, 0.15) is 5.75 Å². The number of carbonyl (C=O) groups is 2. The Labute approximate surface area is 250 Å². The molecule has 2 heterocycles. The quantitative estimate of drug-likeness (QED) is 0.343. The monoisotopic (exact) mass is 652 g/mol. The lowest BCUT2D eigenvalue weighted by Crippen LogP contribution is -2.45. The lowest BCUT2D eigenvalue weighted by atomic mass is 10.00. The third kappa shape index (κ3) is 5.88. The number of rotatable bonds is 7. The molecule has 1 atom stereocenters. The molecule has 3 aromatic rings. The second-order valence-corrected chi connectivity index (χ2v) is 12.1. The van der Waals surface area contributed by atoms with E-state index in [0.717, 1.165) is 77.0 Å². The molecule has 1 aliphatic carbocycles. The number of piperidine rings is 1. The summed E-state index contributed by atoms with van der Waals surface area (Å²) in [4.78, 5) is 35.5. The molecule has 2 aliphatic rings. The van der Waals surface area contributed by atoms with E-state index in [1.165, 1.54) is 5.56 Å². The zero-order valence-electron chi connectivity index (χ0n) is 23.7. The number of carbonyl (C=O) groups excluding carboxylic acids is 2. The number of pyridine rings is 1. The van der Waals surface area contributed by atoms with Crippen molar-refractivity contribution in [1.29, 1.82) is 0 Å². The fraction of sp³-hybridized carbons (Fsp3) is 0.406. The highest BCUT2D eigenvalue weighted by Crippen LogP contribution is 2.33. The second kappa shape index (κ2) is 12.3. The van der Waals surface area contributed by atoms with Crippen molar-refractivity contribution in [2.24, 2.45) is 0 Å². The Balaban J connectivity index is 1.21. The van der Waals surface area contributed by atoms with Crippen molar-refractivity contribution in [2.45, 2.75) is 58.2 Å². The van der Waals surface area contributed by atoms with E-state index in [9.17, 15) is 9.59 Å². The standard InChI is InChI=1S/C32H37IN4O3/c1-20-18-34-29(21(2)30(20)40-4)19-37-15-13-24(14-16-37)36(3)32(39)23-10-9-22-11-12-28(26(22)17-23)35-31(38)25-7-5-6-8-27(25)33/h5-10,17-18,24,28H,11-16,19H2,1-4H3,(H,35,38)/t28-/m1/s1. The first kappa shape index (κ1) is 28.5. The molecule has 1 aromatic heterocycles. The average Bonchev–Trinajstić information content (AvgIpc) is 3.36. The molecular weight excluding hydrogens is 615 g/mol. The first-order chi connectivity index (χ1) is 19.3. The minimum absolute atomic E-state index is 0.0385. The molecule has 1 fully saturated rings. The molecule has 1 aliphatic heterocycles. The highest BCUT2D eigenvalue weighted by Gasteiger charge is 2.29. The fourth-order valence-electron chi connectivity index (χ4n) is 6.04. The topological polar surface area (TPSA) is 74.8 Å². The number of benzene rings is 2. The van der Waals surface area contributed by atoms with Crippen molar-refractivity contribution in [3.8, 4) is 5.75 Å². The van der Waals surface area contributed by atoms with Crippen LogP contribution in [0.2, 0.25) is 0 Å². The number of likely N-dealkylation sites (tertiary alicyclic amines) is 1. The maximum Gasteiger partial charge on any atom is 0.253 e. The molecule has 0 unspecified atom stereocenters. The summed E-state index contributed by atoms with van der Waals surface area (Å²) in [5.74, 6) is 0.880. The number of ether oxygens (including phenoxy) is 1. The number of nitrogens with one attached hydrogen (secondary N) is 1. The smallest absolute Gasteiger partial charge is 0.253 e. The first-order valence-corrected chi connectivity index (χ1v) is 15.0. The van der Waals surface area contributed by atoms with Crippen LogP contribution in [0, 0.1) is 17.4 Å². The number of halogens is 1. The van der Waals surface area contributed by atoms with E-state index in [0.29, 0.717) is 11.1 Å². The van der Waals surface area contributed by atoms with Crippen LogP contribution in [0.25, 0.3) is 0 Å². The number of amides is 2. The minimum Gasteiger partial charge on any atom is -0.496 e. The Morgan fingerprint density at radius 1 is 1.12 bits per heavy atom. The van der Waals surface area contributed by atoms with E-state index < -0.39 is 0 Å². The summed E-state index contributed by atoms with van der Waals surface area (Å²) in [5.41, 5.74) is 6.83. The number of methoxy groups -OCH3 is 1. The first-order valence-electron chi connectivity index (χ1n) is 13.9. The molecule has 0 radical (unpaired) electrons. The Bertz CT molecular complexity index is 1420. The van der Waals surface area contributed by atoms with E-state index in [2.05, 4.69) is 50.8 Å². The van der Waals surface area contributed by atoms with Crippen LogP contribution in [0.3, 0.4) is 0 Å². The number of aromatic nitrogens is 1. The Morgan fingerprint density at radius 2 is 1.88 bits per heavy atom. The van der Waals surface area contributed by atoms with Crippen molar-refractivity contribution in [2.75, 3.05) is 27.2 Å². The van der Waals surface area contributed by atoms with Crippen LogP contribution in [0.5, 0.6) is 5.75 Å². The zero-order valence-corrected chi connectivity index (χ0v) is 25.8. The highest BCUT2D eigenvalue weighted by molar-refractivity contribution is 14.1. The van der Waals surface area contributed by atoms with Gasteiger partial charge < -0.3 is 15.0 Å². The summed E-state index contributed by atoms with van der Waals surface area (Å²) >= 11 is 2.19. The van der Waals surface area contributed by atoms with Crippen LogP contribution in [-0.2, 0) is 13.0 Å². The van der Waals surface area contributed by atoms with Gasteiger partial charge in [-0.15, -0.1) is 0 Å². The molecule has 2 aromatic carbocycles. The number of aryl methyl sites for hydroxylation is 2. The third-order valence-corrected chi connectivity index (χ3v) is 9.38. The third-order valence-electron chi connectivity index (χ3n) is 8.44. The van der Waals surface area contributed by atoms with Crippen LogP contribution in [0.4, 0.5) is 0 Å². The molecule has 210 valence electrons. The Morgan fingerprint density at radius 3 is 2.60 bits per heavy atom. The molecule has 1 saturated heterocycles. The molecule has 0 bridgehead atoms. The molecule has 0 saturated carbocycles. The van der Waals surface area contributed by atoms with Crippen LogP contribution < -0.4 is 10.1 Å². The van der Waals surface area contributed by atoms with Gasteiger partial charge in [0.05, 0.1) is 24.4 Å². The normalized spacial score (nSPS) is 17.4. The molecule has 7 nitrogen and oxygen atoms in total. The van der Waals surface area contributed by atoms with Crippen molar-refractivity contribution < 1.29 is 14.3 Å². The SMILES string of the molecule is COc1c(C)cnc(CN2CCC(N(C)C(=O)c3ccc4c(c3)[C@H](NC(=O)c3ccccc3I)CC4)CC2)c1C. The summed E-state index contributed by atoms with van der Waals surface area (Å²) in [7, 11) is 3.63. The Kier molecular flexibility index (Phi) is 8.75. The number of hydrogen-bond acceptors (Lipinski definition) is 5. The van der Waals surface area contributed by atoms with E-state index in [4.69, 9.17) is 4.74 Å². The molecule has 5 rings (SSSR count). The van der Waals surface area contributed by atoms with E-state index in [1.54, 1.807) is 7.11 Å².